The van der Waals surface area contributed by atoms with Crippen molar-refractivity contribution in [3.8, 4) is 45.3 Å². The van der Waals surface area contributed by atoms with Crippen molar-refractivity contribution in [1.29, 1.82) is 0 Å². The molecule has 0 aliphatic heterocycles. The number of aromatic nitrogens is 3. The fourth-order valence-electron chi connectivity index (χ4n) is 5.78. The fraction of sp³-hybridized carbons (Fsp3) is 0. The van der Waals surface area contributed by atoms with Gasteiger partial charge in [-0.25, -0.2) is 15.0 Å². The molecule has 42 heavy (non-hydrogen) atoms. The van der Waals surface area contributed by atoms with Crippen LogP contribution >= 0.6 is 0 Å². The van der Waals surface area contributed by atoms with E-state index in [-0.39, 0.29) is 0 Å². The summed E-state index contributed by atoms with van der Waals surface area (Å²) in [6.07, 6.45) is 0. The van der Waals surface area contributed by atoms with Crippen LogP contribution in [-0.4, -0.2) is 15.0 Å². The zero-order chi connectivity index (χ0) is 27.9. The lowest BCUT2D eigenvalue weighted by molar-refractivity contribution is 1.08. The Kier molecular flexibility index (Phi) is 5.79. The molecule has 3 nitrogen and oxygen atoms in total. The molecule has 0 unspecified atom stereocenters. The van der Waals surface area contributed by atoms with E-state index in [2.05, 4.69) is 121 Å². The standard InChI is InChI=1S/C39H25N3/c1-2-12-28(13-3-1)37-40-38(32-23-21-27-11-5-7-15-30(27)25-32)42-39(41-37)36-19-9-17-34-33(16-8-18-35(34)36)31-22-20-26-10-4-6-14-29(26)24-31/h1-25H. The summed E-state index contributed by atoms with van der Waals surface area (Å²) in [4.78, 5) is 15.1. The monoisotopic (exact) mass is 535 g/mol. The minimum atomic E-state index is 0.659. The van der Waals surface area contributed by atoms with Gasteiger partial charge >= 0.3 is 0 Å². The van der Waals surface area contributed by atoms with Gasteiger partial charge in [0.05, 0.1) is 0 Å². The lowest BCUT2D eigenvalue weighted by atomic mass is 9.94. The van der Waals surface area contributed by atoms with Crippen molar-refractivity contribution in [2.75, 3.05) is 0 Å². The predicted molar refractivity (Wildman–Crippen MR) is 174 cm³/mol. The molecule has 1 aromatic heterocycles. The maximum atomic E-state index is 5.08. The maximum absolute atomic E-state index is 5.08. The van der Waals surface area contributed by atoms with E-state index in [0.29, 0.717) is 17.5 Å². The third-order valence-electron chi connectivity index (χ3n) is 7.90. The molecule has 0 aliphatic rings. The van der Waals surface area contributed by atoms with Crippen molar-refractivity contribution in [2.24, 2.45) is 0 Å². The molecule has 8 rings (SSSR count). The smallest absolute Gasteiger partial charge is 0.164 e. The quantitative estimate of drug-likeness (QED) is 0.225. The molecule has 0 spiro atoms. The molecule has 0 amide bonds. The second-order valence-electron chi connectivity index (χ2n) is 10.5. The highest BCUT2D eigenvalue weighted by atomic mass is 15.0. The third-order valence-corrected chi connectivity index (χ3v) is 7.90. The largest absolute Gasteiger partial charge is 0.208 e. The minimum absolute atomic E-state index is 0.659. The van der Waals surface area contributed by atoms with Gasteiger partial charge in [0, 0.05) is 16.7 Å². The Labute approximate surface area is 243 Å². The lowest BCUT2D eigenvalue weighted by Gasteiger charge is -2.13. The van der Waals surface area contributed by atoms with Crippen molar-refractivity contribution >= 4 is 32.3 Å². The average molecular weight is 536 g/mol. The Balaban J connectivity index is 1.33. The molecular formula is C39H25N3. The first-order valence-corrected chi connectivity index (χ1v) is 14.1. The molecule has 0 saturated heterocycles. The summed E-state index contributed by atoms with van der Waals surface area (Å²) in [5.74, 6) is 1.98. The van der Waals surface area contributed by atoms with E-state index in [1.807, 2.05) is 30.3 Å². The number of benzene rings is 7. The van der Waals surface area contributed by atoms with Crippen LogP contribution in [0.4, 0.5) is 0 Å². The summed E-state index contributed by atoms with van der Waals surface area (Å²) in [7, 11) is 0. The van der Waals surface area contributed by atoms with Gasteiger partial charge in [-0.05, 0) is 55.6 Å². The first-order valence-electron chi connectivity index (χ1n) is 14.1. The maximum Gasteiger partial charge on any atom is 0.164 e. The summed E-state index contributed by atoms with van der Waals surface area (Å²) in [6, 6.07) is 52.9. The number of hydrogen-bond donors (Lipinski definition) is 0. The van der Waals surface area contributed by atoms with E-state index in [0.717, 1.165) is 27.5 Å². The van der Waals surface area contributed by atoms with E-state index in [4.69, 9.17) is 15.0 Å². The van der Waals surface area contributed by atoms with Gasteiger partial charge in [-0.15, -0.1) is 0 Å². The first-order chi connectivity index (χ1) is 20.8. The van der Waals surface area contributed by atoms with Gasteiger partial charge < -0.3 is 0 Å². The van der Waals surface area contributed by atoms with Crippen molar-refractivity contribution < 1.29 is 0 Å². The number of rotatable bonds is 4. The number of nitrogens with zero attached hydrogens (tertiary/aromatic N) is 3. The van der Waals surface area contributed by atoms with E-state index in [1.54, 1.807) is 0 Å². The number of fused-ring (bicyclic) bond motifs is 3. The highest BCUT2D eigenvalue weighted by Crippen LogP contribution is 2.36. The molecule has 8 aromatic rings. The fourth-order valence-corrected chi connectivity index (χ4v) is 5.78. The summed E-state index contributed by atoms with van der Waals surface area (Å²) in [5.41, 5.74) is 5.28. The predicted octanol–water partition coefficient (Wildman–Crippen LogP) is 10.00. The van der Waals surface area contributed by atoms with Crippen molar-refractivity contribution in [1.82, 2.24) is 15.0 Å². The molecule has 0 atom stereocenters. The normalized spacial score (nSPS) is 11.3. The number of hydrogen-bond acceptors (Lipinski definition) is 3. The summed E-state index contributed by atoms with van der Waals surface area (Å²) < 4.78 is 0. The van der Waals surface area contributed by atoms with Crippen LogP contribution in [0.2, 0.25) is 0 Å². The molecule has 0 saturated carbocycles. The molecule has 3 heteroatoms. The second kappa shape index (κ2) is 10.1. The Morgan fingerprint density at radius 1 is 0.286 bits per heavy atom. The van der Waals surface area contributed by atoms with Crippen LogP contribution in [0.1, 0.15) is 0 Å². The van der Waals surface area contributed by atoms with E-state index >= 15 is 0 Å². The van der Waals surface area contributed by atoms with Gasteiger partial charge in [0.1, 0.15) is 0 Å². The van der Waals surface area contributed by atoms with Crippen LogP contribution in [0.3, 0.4) is 0 Å². The van der Waals surface area contributed by atoms with Crippen LogP contribution in [-0.2, 0) is 0 Å². The molecule has 7 aromatic carbocycles. The van der Waals surface area contributed by atoms with E-state index in [1.165, 1.54) is 32.7 Å². The topological polar surface area (TPSA) is 38.7 Å². The van der Waals surface area contributed by atoms with Crippen LogP contribution < -0.4 is 0 Å². The second-order valence-corrected chi connectivity index (χ2v) is 10.5. The summed E-state index contributed by atoms with van der Waals surface area (Å²) in [6.45, 7) is 0. The summed E-state index contributed by atoms with van der Waals surface area (Å²) in [5, 5.41) is 7.09. The zero-order valence-electron chi connectivity index (χ0n) is 22.8. The lowest BCUT2D eigenvalue weighted by Crippen LogP contribution is -2.00. The Morgan fingerprint density at radius 3 is 1.48 bits per heavy atom. The van der Waals surface area contributed by atoms with Crippen LogP contribution in [0.15, 0.2) is 152 Å². The minimum Gasteiger partial charge on any atom is -0.208 e. The highest BCUT2D eigenvalue weighted by Gasteiger charge is 2.16. The molecule has 1 heterocycles. The van der Waals surface area contributed by atoms with Gasteiger partial charge in [-0.3, -0.25) is 0 Å². The van der Waals surface area contributed by atoms with Crippen molar-refractivity contribution in [3.05, 3.63) is 152 Å². The van der Waals surface area contributed by atoms with Crippen LogP contribution in [0.5, 0.6) is 0 Å². The Bertz CT molecular complexity index is 2250. The molecule has 0 fully saturated rings. The van der Waals surface area contributed by atoms with E-state index in [9.17, 15) is 0 Å². The third kappa shape index (κ3) is 4.29. The molecule has 0 N–H and O–H groups in total. The van der Waals surface area contributed by atoms with Crippen molar-refractivity contribution in [2.45, 2.75) is 0 Å². The average Bonchev–Trinajstić information content (AvgIpc) is 3.07. The van der Waals surface area contributed by atoms with Crippen LogP contribution in [0.25, 0.3) is 77.6 Å². The van der Waals surface area contributed by atoms with Crippen LogP contribution in [0, 0.1) is 0 Å². The molecule has 0 bridgehead atoms. The van der Waals surface area contributed by atoms with Gasteiger partial charge in [0.15, 0.2) is 17.5 Å². The highest BCUT2D eigenvalue weighted by molar-refractivity contribution is 6.04. The van der Waals surface area contributed by atoms with E-state index < -0.39 is 0 Å². The zero-order valence-corrected chi connectivity index (χ0v) is 22.8. The van der Waals surface area contributed by atoms with Crippen molar-refractivity contribution in [3.63, 3.8) is 0 Å². The molecular weight excluding hydrogens is 510 g/mol. The summed E-state index contributed by atoms with van der Waals surface area (Å²) >= 11 is 0. The molecule has 196 valence electrons. The van der Waals surface area contributed by atoms with Gasteiger partial charge in [0.2, 0.25) is 0 Å². The Hall–Kier alpha value is -5.67. The molecule has 0 aliphatic carbocycles. The van der Waals surface area contributed by atoms with Gasteiger partial charge in [0.25, 0.3) is 0 Å². The Morgan fingerprint density at radius 2 is 0.786 bits per heavy atom. The first kappa shape index (κ1) is 24.2. The van der Waals surface area contributed by atoms with Gasteiger partial charge in [-0.1, -0.05) is 140 Å². The SMILES string of the molecule is c1ccc(-c2nc(-c3ccc4ccccc4c3)nc(-c3cccc4c(-c5ccc6ccccc6c5)cccc34)n2)cc1. The molecule has 0 radical (unpaired) electrons. The van der Waals surface area contributed by atoms with Gasteiger partial charge in [-0.2, -0.15) is 0 Å².